The van der Waals surface area contributed by atoms with Crippen molar-refractivity contribution in [2.75, 3.05) is 20.8 Å². The Kier molecular flexibility index (Phi) is 16.0. The number of methoxy groups -OCH3 is 2. The van der Waals surface area contributed by atoms with Gasteiger partial charge >= 0.3 is 10.4 Å². The summed E-state index contributed by atoms with van der Waals surface area (Å²) < 4.78 is 75.3. The summed E-state index contributed by atoms with van der Waals surface area (Å²) in [6.07, 6.45) is -3.79. The Labute approximate surface area is 478 Å². The van der Waals surface area contributed by atoms with Crippen molar-refractivity contribution < 1.29 is 80.0 Å². The molecule has 1 fully saturated rings. The van der Waals surface area contributed by atoms with Gasteiger partial charge in [0.1, 0.15) is 43.4 Å². The third kappa shape index (κ3) is 11.8. The van der Waals surface area contributed by atoms with Gasteiger partial charge < -0.3 is 67.0 Å². The summed E-state index contributed by atoms with van der Waals surface area (Å²) in [5, 5.41) is 41.5. The lowest BCUT2D eigenvalue weighted by Crippen LogP contribution is -2.60. The van der Waals surface area contributed by atoms with Crippen molar-refractivity contribution >= 4 is 51.8 Å². The van der Waals surface area contributed by atoms with Gasteiger partial charge in [-0.1, -0.05) is 62.4 Å². The van der Waals surface area contributed by atoms with Crippen molar-refractivity contribution in [1.29, 1.82) is 0 Å². The maximum Gasteiger partial charge on any atom is 0.501 e. The van der Waals surface area contributed by atoms with Gasteiger partial charge in [-0.25, -0.2) is 0 Å². The Morgan fingerprint density at radius 3 is 1.67 bits per heavy atom. The van der Waals surface area contributed by atoms with Gasteiger partial charge in [-0.05, 0) is 101 Å². The number of Topliss-reactive ketones (excluding diaryl/α,β-unsaturated/α-hetero) is 1. The first kappa shape index (κ1) is 56.5. The van der Waals surface area contributed by atoms with Crippen molar-refractivity contribution in [3.8, 4) is 40.2 Å². The highest BCUT2D eigenvalue weighted by molar-refractivity contribution is 7.82. The lowest BCUT2D eigenvalue weighted by molar-refractivity contribution is -0.277. The van der Waals surface area contributed by atoms with E-state index in [2.05, 4.69) is 0 Å². The molecule has 7 atom stereocenters. The molecule has 11 rings (SSSR count). The SMILES string of the molecule is COc1cc2c(cc1OCc1cc(COc3cc4c(cc3OC)C(=O)N3Cc5ccccc5C[C@H]3C=N4)cc(OS(=O)(=O)Oc3cc(C(=O)CC(C)C)ccc3OC3O[C@H](CO)[C@H](O)[C@H](O)[C@H]3O)c1)N=C[C@@H]1Cc3ccccc3CN1C2=O. The molecule has 6 aromatic rings. The number of benzene rings is 6. The number of hydrogen-bond acceptors (Lipinski definition) is 19. The number of fused-ring (bicyclic) bond motifs is 6. The van der Waals surface area contributed by atoms with Crippen molar-refractivity contribution in [2.45, 2.75) is 102 Å². The molecular weight excluding hydrogens is 1090 g/mol. The van der Waals surface area contributed by atoms with Gasteiger partial charge in [-0.2, -0.15) is 0 Å². The molecule has 2 amide bonds. The van der Waals surface area contributed by atoms with E-state index in [0.717, 1.165) is 28.3 Å². The molecular formula is C61H60N4O17S. The van der Waals surface area contributed by atoms with E-state index < -0.39 is 53.5 Å². The second-order valence-electron chi connectivity index (χ2n) is 21.2. The van der Waals surface area contributed by atoms with Crippen LogP contribution in [-0.2, 0) is 54.3 Å². The first-order valence-electron chi connectivity index (χ1n) is 26.9. The highest BCUT2D eigenvalue weighted by atomic mass is 32.3. The van der Waals surface area contributed by atoms with Crippen LogP contribution >= 0.6 is 0 Å². The Hall–Kier alpha value is -8.38. The fraction of sp³-hybridized carbons (Fsp3) is 0.328. The van der Waals surface area contributed by atoms with Gasteiger partial charge in [0.05, 0.1) is 55.4 Å². The summed E-state index contributed by atoms with van der Waals surface area (Å²) in [6, 6.07) is 29.8. The molecule has 21 nitrogen and oxygen atoms in total. The summed E-state index contributed by atoms with van der Waals surface area (Å²) in [5.41, 5.74) is 6.43. The van der Waals surface area contributed by atoms with E-state index in [1.807, 2.05) is 62.4 Å². The smallest absolute Gasteiger partial charge is 0.493 e. The van der Waals surface area contributed by atoms with Crippen LogP contribution in [0.4, 0.5) is 11.4 Å². The number of nitrogens with zero attached hydrogens (tertiary/aromatic N) is 4. The first-order valence-corrected chi connectivity index (χ1v) is 28.2. The second-order valence-corrected chi connectivity index (χ2v) is 22.3. The van der Waals surface area contributed by atoms with Crippen molar-refractivity contribution in [3.05, 3.63) is 159 Å². The lowest BCUT2D eigenvalue weighted by Gasteiger charge is -2.39. The molecule has 0 bridgehead atoms. The maximum atomic E-state index is 14.2. The minimum absolute atomic E-state index is 0.0399. The normalized spacial score (nSPS) is 21.5. The van der Waals surface area contributed by atoms with Crippen molar-refractivity contribution in [1.82, 2.24) is 9.80 Å². The summed E-state index contributed by atoms with van der Waals surface area (Å²) >= 11 is 0. The third-order valence-electron chi connectivity index (χ3n) is 15.1. The molecule has 0 radical (unpaired) electrons. The van der Waals surface area contributed by atoms with Crippen LogP contribution < -0.4 is 32.1 Å². The third-order valence-corrected chi connectivity index (χ3v) is 15.8. The zero-order chi connectivity index (χ0) is 58.3. The monoisotopic (exact) mass is 1150 g/mol. The second kappa shape index (κ2) is 23.5. The fourth-order valence-electron chi connectivity index (χ4n) is 10.8. The van der Waals surface area contributed by atoms with E-state index in [1.165, 1.54) is 38.5 Å². The largest absolute Gasteiger partial charge is 0.501 e. The molecule has 22 heteroatoms. The molecule has 4 N–H and O–H groups in total. The Morgan fingerprint density at radius 2 is 1.17 bits per heavy atom. The highest BCUT2D eigenvalue weighted by Crippen LogP contribution is 2.42. The number of hydrogen-bond donors (Lipinski definition) is 4. The number of carbonyl (C=O) groups is 3. The van der Waals surface area contributed by atoms with Crippen LogP contribution in [0.2, 0.25) is 0 Å². The van der Waals surface area contributed by atoms with Gasteiger partial charge in [0.15, 0.2) is 40.3 Å². The number of carbonyl (C=O) groups excluding carboxylic acids is 3. The quantitative estimate of drug-likeness (QED) is 0.0665. The molecule has 5 heterocycles. The fourth-order valence-corrected chi connectivity index (χ4v) is 11.5. The number of aliphatic hydroxyl groups is 4. The number of aliphatic hydroxyl groups excluding tert-OH is 4. The number of ether oxygens (including phenoxy) is 6. The van der Waals surface area contributed by atoms with Gasteiger partial charge in [0.25, 0.3) is 11.8 Å². The lowest BCUT2D eigenvalue weighted by atomic mass is 9.94. The zero-order valence-corrected chi connectivity index (χ0v) is 46.4. The van der Waals surface area contributed by atoms with Crippen LogP contribution in [0.1, 0.15) is 84.7 Å². The molecule has 0 spiro atoms. The molecule has 5 aliphatic heterocycles. The molecule has 1 unspecified atom stereocenters. The minimum Gasteiger partial charge on any atom is -0.493 e. The van der Waals surface area contributed by atoms with Gasteiger partial charge in [0.2, 0.25) is 6.29 Å². The van der Waals surface area contributed by atoms with Gasteiger partial charge in [-0.15, -0.1) is 8.42 Å². The number of aliphatic imine (C=N–C) groups is 2. The standard InChI is InChI=1S/C61H60N4O17S/c1-33(2)15-48(67)38-13-14-49(79-61-58(70)57(69)56(68)55(30-66)80-61)54(21-38)82-83(73,74)81-43-17-34(31-77-52-24-46-44(22-50(52)75-3)59(71)64-28-39-11-7-5-9-36(39)19-41(64)26-62-46)16-35(18-43)32-78-53-25-47-45(23-51(53)76-4)60(72)65-29-40-12-8-6-10-37(40)20-42(65)27-63-47/h5-14,16-18,21-27,33,41-42,55-58,61,66,68-70H,15,19-20,28-32H2,1-4H3/t41-,42-,55+,56-,57-,58+,61?/m0/s1. The number of rotatable bonds is 18. The van der Waals surface area contributed by atoms with E-state index in [9.17, 15) is 43.2 Å². The molecule has 0 aromatic heterocycles. The molecule has 83 heavy (non-hydrogen) atoms. The van der Waals surface area contributed by atoms with Crippen LogP contribution in [0, 0.1) is 5.92 Å². The molecule has 432 valence electrons. The Balaban J connectivity index is 0.900. The van der Waals surface area contributed by atoms with E-state index >= 15 is 0 Å². The van der Waals surface area contributed by atoms with Crippen molar-refractivity contribution in [3.63, 3.8) is 0 Å². The van der Waals surface area contributed by atoms with E-state index in [0.29, 0.717) is 59.6 Å². The van der Waals surface area contributed by atoms with Crippen molar-refractivity contribution in [2.24, 2.45) is 15.9 Å². The predicted molar refractivity (Wildman–Crippen MR) is 300 cm³/mol. The molecule has 1 saturated heterocycles. The van der Waals surface area contributed by atoms with E-state index in [4.69, 9.17) is 46.8 Å². The van der Waals surface area contributed by atoms with E-state index in [-0.39, 0.29) is 95.3 Å². The average Bonchev–Trinajstić information content (AvgIpc) is 3.88. The van der Waals surface area contributed by atoms with Crippen LogP contribution in [0.15, 0.2) is 119 Å². The van der Waals surface area contributed by atoms with Gasteiger partial charge in [0, 0.05) is 49.6 Å². The maximum absolute atomic E-state index is 14.2. The summed E-state index contributed by atoms with van der Waals surface area (Å²) in [6.45, 7) is 3.22. The predicted octanol–water partition coefficient (Wildman–Crippen LogP) is 6.54. The minimum atomic E-state index is -5.19. The summed E-state index contributed by atoms with van der Waals surface area (Å²) in [5.74, 6) is -1.28. The summed E-state index contributed by atoms with van der Waals surface area (Å²) in [4.78, 5) is 54.7. The number of ketones is 1. The topological polar surface area (TPSA) is 271 Å². The number of amides is 2. The molecule has 0 saturated carbocycles. The van der Waals surface area contributed by atoms with Gasteiger partial charge in [-0.3, -0.25) is 24.4 Å². The molecule has 0 aliphatic carbocycles. The molecule has 6 aromatic carbocycles. The first-order chi connectivity index (χ1) is 40.0. The van der Waals surface area contributed by atoms with Crippen LogP contribution in [0.5, 0.6) is 40.2 Å². The molecule has 5 aliphatic rings. The summed E-state index contributed by atoms with van der Waals surface area (Å²) in [7, 11) is -2.32. The highest BCUT2D eigenvalue weighted by Gasteiger charge is 2.45. The van der Waals surface area contributed by atoms with E-state index in [1.54, 1.807) is 52.6 Å². The Bertz CT molecular complexity index is 3520. The Morgan fingerprint density at radius 1 is 0.639 bits per heavy atom. The zero-order valence-electron chi connectivity index (χ0n) is 45.6. The van der Waals surface area contributed by atoms with Crippen LogP contribution in [-0.4, -0.2) is 132 Å². The average molecular weight is 1150 g/mol. The van der Waals surface area contributed by atoms with Crippen LogP contribution in [0.25, 0.3) is 0 Å². The van der Waals surface area contributed by atoms with Crippen LogP contribution in [0.3, 0.4) is 0 Å².